The fraction of sp³-hybridized carbons (Fsp3) is 0.605. The molecule has 0 radical (unpaired) electrons. The van der Waals surface area contributed by atoms with Crippen molar-refractivity contribution in [1.82, 2.24) is 26.2 Å². The van der Waals surface area contributed by atoms with Gasteiger partial charge >= 0.3 is 11.9 Å². The van der Waals surface area contributed by atoms with Gasteiger partial charge < -0.3 is 41.7 Å². The van der Waals surface area contributed by atoms with E-state index in [9.17, 15) is 58.4 Å². The Labute approximate surface area is 364 Å². The highest BCUT2D eigenvalue weighted by atomic mass is 16.6. The average Bonchev–Trinajstić information content (AvgIpc) is 4.01. The number of amides is 6. The van der Waals surface area contributed by atoms with Crippen molar-refractivity contribution in [2.24, 2.45) is 23.5 Å². The number of aromatic carboxylic acids is 1. The lowest BCUT2D eigenvalue weighted by molar-refractivity contribution is -0.384. The number of likely N-dealkylation sites (tertiary alicyclic amines) is 1. The van der Waals surface area contributed by atoms with Crippen LogP contribution in [-0.2, 0) is 38.3 Å². The van der Waals surface area contributed by atoms with E-state index in [1.54, 1.807) is 0 Å². The monoisotopic (exact) mass is 879 g/mol. The normalized spacial score (nSPS) is 20.2. The Morgan fingerprint density at radius 3 is 2.06 bits per heavy atom. The molecule has 5 atom stereocenters. The quantitative estimate of drug-likeness (QED) is 0.0473. The minimum absolute atomic E-state index is 0.00508. The first kappa shape index (κ1) is 47.8. The number of nitrogens with one attached hydrogen (secondary N) is 4. The lowest BCUT2D eigenvalue weighted by atomic mass is 9.81. The number of allylic oxidation sites excluding steroid dienone is 1. The Hall–Kier alpha value is -6.21. The van der Waals surface area contributed by atoms with E-state index in [-0.39, 0.29) is 43.4 Å². The number of nitro benzene ring substituents is 1. The lowest BCUT2D eigenvalue weighted by Crippen LogP contribution is -2.60. The Morgan fingerprint density at radius 2 is 1.49 bits per heavy atom. The third kappa shape index (κ3) is 13.2. The number of nitro groups is 1. The summed E-state index contributed by atoms with van der Waals surface area (Å²) in [6.45, 7) is -0.455. The van der Waals surface area contributed by atoms with Crippen LogP contribution >= 0.6 is 0 Å². The molecule has 1 heterocycles. The number of nitrogens with two attached hydrogens (primary N) is 1. The number of rotatable bonds is 20. The molecule has 4 aliphatic rings. The summed E-state index contributed by atoms with van der Waals surface area (Å²) in [5.41, 5.74) is 4.01. The molecule has 3 aliphatic carbocycles. The van der Waals surface area contributed by atoms with E-state index < -0.39 is 112 Å². The van der Waals surface area contributed by atoms with Crippen LogP contribution in [0.2, 0.25) is 0 Å². The van der Waals surface area contributed by atoms with E-state index in [1.165, 1.54) is 6.08 Å². The van der Waals surface area contributed by atoms with Crippen LogP contribution in [0.4, 0.5) is 5.69 Å². The molecule has 6 amide bonds. The molecule has 0 bridgehead atoms. The molecule has 1 saturated heterocycles. The van der Waals surface area contributed by atoms with Crippen molar-refractivity contribution in [2.45, 2.75) is 133 Å². The summed E-state index contributed by atoms with van der Waals surface area (Å²) in [5, 5.41) is 31.9. The smallest absolute Gasteiger partial charge is 0.336 e. The molecular formula is C43H57N7O13. The number of nitrogens with zero attached hydrogens (tertiary/aromatic N) is 2. The second-order valence-corrected chi connectivity index (χ2v) is 17.0. The van der Waals surface area contributed by atoms with Gasteiger partial charge in [-0.15, -0.1) is 0 Å². The maximum atomic E-state index is 14.4. The van der Waals surface area contributed by atoms with Crippen LogP contribution in [0.1, 0.15) is 123 Å². The van der Waals surface area contributed by atoms with E-state index in [4.69, 9.17) is 5.73 Å². The molecule has 7 N–H and O–H groups in total. The van der Waals surface area contributed by atoms with Crippen LogP contribution in [0.5, 0.6) is 0 Å². The Balaban J connectivity index is 1.36. The summed E-state index contributed by atoms with van der Waals surface area (Å²) in [4.78, 5) is 131. The van der Waals surface area contributed by atoms with E-state index in [0.29, 0.717) is 12.8 Å². The molecule has 0 unspecified atom stereocenters. The Bertz CT molecular complexity index is 1970. The first-order valence-corrected chi connectivity index (χ1v) is 21.7. The molecule has 63 heavy (non-hydrogen) atoms. The minimum atomic E-state index is -1.56. The molecule has 20 heteroatoms. The molecule has 20 nitrogen and oxygen atoms in total. The largest absolute Gasteiger partial charge is 0.478 e. The van der Waals surface area contributed by atoms with Gasteiger partial charge in [0.25, 0.3) is 11.6 Å². The van der Waals surface area contributed by atoms with Crippen LogP contribution < -0.4 is 27.0 Å². The molecule has 3 saturated carbocycles. The standard InChI is InChI=1S/C43H57N7O13/c1-63-34(52)15-9-8-14-31(45-38(54)30-21-27(50(61)62)18-19-29(30)43(59)60)39(55)46-32(20-24-16-17-24)42(58)49-23-28(51)22-33(49)40(56)48-36(26-12-6-3-7-13-26)41(57)47-35(37(44)53)25-10-4-2-5-11-25/h9,15,18-19,21,24-26,31-33,35-36H,2-8,10-14,16-17,20,22-23H2,1H3,(H2,44,53)(H,45,54)(H,46,55)(H,47,57)(H,48,56)(H,59,60)/b15-9+/t31-,32-,33-,35-,36-/m0/s1. The number of non-ortho nitro benzene ring substituents is 1. The predicted octanol–water partition coefficient (Wildman–Crippen LogP) is 1.97. The summed E-state index contributed by atoms with van der Waals surface area (Å²) < 4.78 is 4.59. The number of carbonyl (C=O) groups excluding carboxylic acids is 8. The third-order valence-corrected chi connectivity index (χ3v) is 12.4. The van der Waals surface area contributed by atoms with Crippen LogP contribution in [0.25, 0.3) is 0 Å². The Kier molecular flexibility index (Phi) is 16.9. The molecule has 5 rings (SSSR count). The first-order chi connectivity index (χ1) is 30.1. The van der Waals surface area contributed by atoms with Crippen molar-refractivity contribution in [2.75, 3.05) is 13.7 Å². The van der Waals surface area contributed by atoms with Crippen LogP contribution in [0, 0.1) is 27.9 Å². The van der Waals surface area contributed by atoms with Crippen molar-refractivity contribution in [1.29, 1.82) is 0 Å². The summed E-state index contributed by atoms with van der Waals surface area (Å²) in [6, 6.07) is -3.57. The molecule has 1 aromatic carbocycles. The number of ether oxygens (including phenoxy) is 1. The maximum absolute atomic E-state index is 14.4. The Morgan fingerprint density at radius 1 is 0.857 bits per heavy atom. The highest BCUT2D eigenvalue weighted by molar-refractivity contribution is 6.07. The fourth-order valence-corrected chi connectivity index (χ4v) is 8.82. The van der Waals surface area contributed by atoms with Crippen molar-refractivity contribution >= 4 is 58.9 Å². The number of Topliss-reactive ketones (excluding diaryl/α,β-unsaturated/α-hetero) is 1. The number of primary amides is 1. The van der Waals surface area contributed by atoms with Gasteiger partial charge in [0.2, 0.25) is 29.5 Å². The summed E-state index contributed by atoms with van der Waals surface area (Å²) in [5.74, 6) is -7.91. The molecule has 1 aromatic rings. The van der Waals surface area contributed by atoms with Gasteiger partial charge in [0.05, 0.1) is 29.7 Å². The highest BCUT2D eigenvalue weighted by Gasteiger charge is 2.45. The van der Waals surface area contributed by atoms with Crippen molar-refractivity contribution in [3.05, 3.63) is 51.6 Å². The zero-order valence-corrected chi connectivity index (χ0v) is 35.3. The summed E-state index contributed by atoms with van der Waals surface area (Å²) in [6.07, 6.45) is 11.6. The van der Waals surface area contributed by atoms with Crippen molar-refractivity contribution in [3.8, 4) is 0 Å². The highest BCUT2D eigenvalue weighted by Crippen LogP contribution is 2.35. The van der Waals surface area contributed by atoms with E-state index in [1.807, 2.05) is 0 Å². The number of esters is 1. The second-order valence-electron chi connectivity index (χ2n) is 17.0. The van der Waals surface area contributed by atoms with Crippen LogP contribution in [0.15, 0.2) is 30.4 Å². The minimum Gasteiger partial charge on any atom is -0.478 e. The topological polar surface area (TPSA) is 304 Å². The molecule has 1 aliphatic heterocycles. The van der Waals surface area contributed by atoms with Gasteiger partial charge in [-0.05, 0) is 68.8 Å². The van der Waals surface area contributed by atoms with E-state index in [2.05, 4.69) is 26.0 Å². The summed E-state index contributed by atoms with van der Waals surface area (Å²) in [7, 11) is 1.16. The van der Waals surface area contributed by atoms with Gasteiger partial charge in [-0.2, -0.15) is 0 Å². The van der Waals surface area contributed by atoms with E-state index >= 15 is 0 Å². The maximum Gasteiger partial charge on any atom is 0.336 e. The predicted molar refractivity (Wildman–Crippen MR) is 222 cm³/mol. The zero-order valence-electron chi connectivity index (χ0n) is 35.3. The molecule has 0 spiro atoms. The SMILES string of the molecule is COC(=O)/C=C/CC[C@H](NC(=O)c1cc([N+](=O)[O-])ccc1C(=O)O)C(=O)N[C@@H](CC1CC1)C(=O)N1CC(=O)C[C@H]1C(=O)N[C@H](C(=O)N[C@H](C(N)=O)C1CCCCC1)C1CCCCC1. The van der Waals surface area contributed by atoms with Crippen molar-refractivity contribution in [3.63, 3.8) is 0 Å². The molecule has 0 aromatic heterocycles. The molecule has 4 fully saturated rings. The number of hydrogen-bond donors (Lipinski definition) is 6. The van der Waals surface area contributed by atoms with Gasteiger partial charge in [0.15, 0.2) is 5.78 Å². The first-order valence-electron chi connectivity index (χ1n) is 21.7. The van der Waals surface area contributed by atoms with Crippen molar-refractivity contribution < 1.29 is 57.9 Å². The molecule has 342 valence electrons. The van der Waals surface area contributed by atoms with Gasteiger partial charge in [0, 0.05) is 24.6 Å². The number of hydrogen-bond acceptors (Lipinski definition) is 12. The van der Waals surface area contributed by atoms with Crippen LogP contribution in [-0.4, -0.2) is 112 Å². The number of carboxylic acid groups (broad SMARTS) is 1. The number of carboxylic acids is 1. The second kappa shape index (κ2) is 22.2. The van der Waals surface area contributed by atoms with Gasteiger partial charge in [-0.3, -0.25) is 43.7 Å². The van der Waals surface area contributed by atoms with E-state index in [0.717, 1.165) is 100 Å². The third-order valence-electron chi connectivity index (χ3n) is 12.4. The van der Waals surface area contributed by atoms with Gasteiger partial charge in [-0.1, -0.05) is 57.4 Å². The fourth-order valence-electron chi connectivity index (χ4n) is 8.82. The number of carbonyl (C=O) groups is 9. The average molecular weight is 880 g/mol. The van der Waals surface area contributed by atoms with Crippen LogP contribution in [0.3, 0.4) is 0 Å². The summed E-state index contributed by atoms with van der Waals surface area (Å²) >= 11 is 0. The van der Waals surface area contributed by atoms with Gasteiger partial charge in [0.1, 0.15) is 30.2 Å². The number of ketones is 1. The lowest BCUT2D eigenvalue weighted by Gasteiger charge is -2.35. The zero-order chi connectivity index (χ0) is 45.8. The van der Waals surface area contributed by atoms with Gasteiger partial charge in [-0.25, -0.2) is 9.59 Å². The molecular weight excluding hydrogens is 823 g/mol. The number of benzene rings is 1. The number of methoxy groups -OCH3 is 1.